The van der Waals surface area contributed by atoms with Crippen molar-refractivity contribution in [1.29, 1.82) is 0 Å². The maximum atomic E-state index is 12.4. The zero-order valence-corrected chi connectivity index (χ0v) is 14.6. The molecule has 0 spiro atoms. The summed E-state index contributed by atoms with van der Waals surface area (Å²) in [6.45, 7) is 6.06. The van der Waals surface area contributed by atoms with Crippen LogP contribution in [0, 0.1) is 6.92 Å². The zero-order valence-electron chi connectivity index (χ0n) is 12.2. The summed E-state index contributed by atoms with van der Waals surface area (Å²) in [6, 6.07) is 12.4. The molecule has 3 nitrogen and oxygen atoms in total. The van der Waals surface area contributed by atoms with Crippen molar-refractivity contribution >= 4 is 31.6 Å². The quantitative estimate of drug-likeness (QED) is 0.852. The molecule has 0 bridgehead atoms. The molecule has 21 heavy (non-hydrogen) atoms. The van der Waals surface area contributed by atoms with E-state index in [0.717, 1.165) is 10.0 Å². The van der Waals surface area contributed by atoms with Crippen LogP contribution in [0.2, 0.25) is 0 Å². The highest BCUT2D eigenvalue weighted by molar-refractivity contribution is 9.10. The lowest BCUT2D eigenvalue weighted by atomic mass is 10.0. The Labute approximate surface area is 134 Å². The number of hydrogen-bond donors (Lipinski definition) is 1. The molecule has 5 heteroatoms. The van der Waals surface area contributed by atoms with E-state index in [1.807, 2.05) is 19.1 Å². The maximum absolute atomic E-state index is 12.4. The third-order valence-corrected chi connectivity index (χ3v) is 5.54. The fraction of sp³-hybridized carbons (Fsp3) is 0.250. The molecule has 0 saturated heterocycles. The van der Waals surface area contributed by atoms with E-state index in [-0.39, 0.29) is 4.90 Å². The lowest BCUT2D eigenvalue weighted by molar-refractivity contribution is 0.601. The molecule has 0 amide bonds. The number of hydrogen-bond acceptors (Lipinski definition) is 2. The second-order valence-electron chi connectivity index (χ2n) is 5.29. The van der Waals surface area contributed by atoms with Gasteiger partial charge in [-0.1, -0.05) is 41.9 Å². The Hall–Kier alpha value is -1.33. The molecule has 2 rings (SSSR count). The molecular formula is C16H18BrNO2S. The van der Waals surface area contributed by atoms with Gasteiger partial charge in [0.25, 0.3) is 10.0 Å². The average Bonchev–Trinajstić information content (AvgIpc) is 2.42. The van der Waals surface area contributed by atoms with E-state index in [4.69, 9.17) is 0 Å². The summed E-state index contributed by atoms with van der Waals surface area (Å²) in [5.74, 6) is 0.421. The molecule has 0 atom stereocenters. The lowest BCUT2D eigenvalue weighted by Gasteiger charge is -2.11. The van der Waals surface area contributed by atoms with Gasteiger partial charge in [0, 0.05) is 10.2 Å². The van der Waals surface area contributed by atoms with Crippen molar-refractivity contribution in [2.45, 2.75) is 31.6 Å². The molecule has 0 radical (unpaired) electrons. The van der Waals surface area contributed by atoms with Crippen LogP contribution in [-0.2, 0) is 10.0 Å². The van der Waals surface area contributed by atoms with E-state index in [1.54, 1.807) is 30.3 Å². The number of sulfonamides is 1. The predicted octanol–water partition coefficient (Wildman–Crippen LogP) is 4.68. The second-order valence-corrected chi connectivity index (χ2v) is 7.83. The topological polar surface area (TPSA) is 46.2 Å². The first kappa shape index (κ1) is 16.0. The smallest absolute Gasteiger partial charge is 0.261 e. The normalized spacial score (nSPS) is 11.7. The molecule has 0 aromatic heterocycles. The Morgan fingerprint density at radius 3 is 2.19 bits per heavy atom. The Morgan fingerprint density at radius 2 is 1.67 bits per heavy atom. The first-order valence-electron chi connectivity index (χ1n) is 6.68. The molecule has 1 N–H and O–H groups in total. The van der Waals surface area contributed by atoms with Crippen LogP contribution in [0.5, 0.6) is 0 Å². The molecule has 112 valence electrons. The van der Waals surface area contributed by atoms with Gasteiger partial charge in [0.15, 0.2) is 0 Å². The fourth-order valence-electron chi connectivity index (χ4n) is 1.93. The summed E-state index contributed by atoms with van der Waals surface area (Å²) in [6.07, 6.45) is 0. The monoisotopic (exact) mass is 367 g/mol. The number of nitrogens with one attached hydrogen (secondary N) is 1. The summed E-state index contributed by atoms with van der Waals surface area (Å²) in [7, 11) is -3.56. The SMILES string of the molecule is Cc1cc(S(=O)(=O)Nc2ccc(C(C)C)cc2)ccc1Br. The van der Waals surface area contributed by atoms with Crippen molar-refractivity contribution in [2.24, 2.45) is 0 Å². The molecule has 0 unspecified atom stereocenters. The van der Waals surface area contributed by atoms with Crippen LogP contribution in [-0.4, -0.2) is 8.42 Å². The molecule has 0 heterocycles. The summed E-state index contributed by atoms with van der Waals surface area (Å²) in [4.78, 5) is 0.260. The largest absolute Gasteiger partial charge is 0.280 e. The lowest BCUT2D eigenvalue weighted by Crippen LogP contribution is -2.13. The number of anilines is 1. The van der Waals surface area contributed by atoms with Gasteiger partial charge in [0.2, 0.25) is 0 Å². The van der Waals surface area contributed by atoms with Gasteiger partial charge in [-0.25, -0.2) is 8.42 Å². The summed E-state index contributed by atoms with van der Waals surface area (Å²) in [5.41, 5.74) is 2.63. The Bertz CT molecular complexity index is 737. The zero-order chi connectivity index (χ0) is 15.6. The van der Waals surface area contributed by atoms with Crippen molar-refractivity contribution < 1.29 is 8.42 Å². The number of rotatable bonds is 4. The van der Waals surface area contributed by atoms with Gasteiger partial charge in [0.1, 0.15) is 0 Å². The van der Waals surface area contributed by atoms with Crippen molar-refractivity contribution in [1.82, 2.24) is 0 Å². The number of benzene rings is 2. The Balaban J connectivity index is 2.26. The molecular weight excluding hydrogens is 350 g/mol. The van der Waals surface area contributed by atoms with E-state index in [9.17, 15) is 8.42 Å². The predicted molar refractivity (Wildman–Crippen MR) is 90.2 cm³/mol. The van der Waals surface area contributed by atoms with Gasteiger partial charge < -0.3 is 0 Å². The van der Waals surface area contributed by atoms with Crippen LogP contribution in [0.4, 0.5) is 5.69 Å². The first-order chi connectivity index (χ1) is 9.79. The third kappa shape index (κ3) is 3.86. The molecule has 0 aliphatic heterocycles. The summed E-state index contributed by atoms with van der Waals surface area (Å²) >= 11 is 3.37. The van der Waals surface area contributed by atoms with Gasteiger partial charge in [0.05, 0.1) is 4.90 Å². The van der Waals surface area contributed by atoms with E-state index in [1.165, 1.54) is 5.56 Å². The van der Waals surface area contributed by atoms with Gasteiger partial charge >= 0.3 is 0 Å². The summed E-state index contributed by atoms with van der Waals surface area (Å²) < 4.78 is 28.2. The Kier molecular flexibility index (Phi) is 4.74. The number of halogens is 1. The Morgan fingerprint density at radius 1 is 1.05 bits per heavy atom. The standard InChI is InChI=1S/C16H18BrNO2S/c1-11(2)13-4-6-14(7-5-13)18-21(19,20)15-8-9-16(17)12(3)10-15/h4-11,18H,1-3H3. The average molecular weight is 368 g/mol. The maximum Gasteiger partial charge on any atom is 0.261 e. The summed E-state index contributed by atoms with van der Waals surface area (Å²) in [5, 5.41) is 0. The van der Waals surface area contributed by atoms with Crippen LogP contribution < -0.4 is 4.72 Å². The minimum absolute atomic E-state index is 0.260. The minimum Gasteiger partial charge on any atom is -0.280 e. The van der Waals surface area contributed by atoms with E-state index in [0.29, 0.717) is 11.6 Å². The highest BCUT2D eigenvalue weighted by Gasteiger charge is 2.15. The third-order valence-electron chi connectivity index (χ3n) is 3.27. The highest BCUT2D eigenvalue weighted by atomic mass is 79.9. The molecule has 0 aliphatic carbocycles. The van der Waals surface area contributed by atoms with E-state index < -0.39 is 10.0 Å². The second kappa shape index (κ2) is 6.20. The van der Waals surface area contributed by atoms with Crippen molar-refractivity contribution in [3.63, 3.8) is 0 Å². The van der Waals surface area contributed by atoms with Gasteiger partial charge in [-0.05, 0) is 54.3 Å². The van der Waals surface area contributed by atoms with Crippen LogP contribution >= 0.6 is 15.9 Å². The first-order valence-corrected chi connectivity index (χ1v) is 8.96. The molecule has 0 fully saturated rings. The fourth-order valence-corrected chi connectivity index (χ4v) is 3.32. The highest BCUT2D eigenvalue weighted by Crippen LogP contribution is 2.23. The minimum atomic E-state index is -3.56. The van der Waals surface area contributed by atoms with Gasteiger partial charge in [-0.3, -0.25) is 4.72 Å². The van der Waals surface area contributed by atoms with Crippen LogP contribution in [0.3, 0.4) is 0 Å². The van der Waals surface area contributed by atoms with Crippen molar-refractivity contribution in [2.75, 3.05) is 4.72 Å². The van der Waals surface area contributed by atoms with Crippen LogP contribution in [0.1, 0.15) is 30.9 Å². The molecule has 0 saturated carbocycles. The van der Waals surface area contributed by atoms with E-state index >= 15 is 0 Å². The molecule has 0 aliphatic rings. The van der Waals surface area contributed by atoms with Crippen LogP contribution in [0.25, 0.3) is 0 Å². The van der Waals surface area contributed by atoms with Crippen molar-refractivity contribution in [3.8, 4) is 0 Å². The molecule has 2 aromatic rings. The molecule has 2 aromatic carbocycles. The van der Waals surface area contributed by atoms with Gasteiger partial charge in [-0.15, -0.1) is 0 Å². The van der Waals surface area contributed by atoms with Crippen molar-refractivity contribution in [3.05, 3.63) is 58.1 Å². The number of aryl methyl sites for hydroxylation is 1. The van der Waals surface area contributed by atoms with Gasteiger partial charge in [-0.2, -0.15) is 0 Å². The van der Waals surface area contributed by atoms with Crippen LogP contribution in [0.15, 0.2) is 51.8 Å². The van der Waals surface area contributed by atoms with E-state index in [2.05, 4.69) is 34.5 Å².